The molecule has 1 aromatic carbocycles. The minimum atomic E-state index is -0.252. The van der Waals surface area contributed by atoms with Gasteiger partial charge in [0.25, 0.3) is 0 Å². The molecular weight excluding hydrogens is 228 g/mol. The molecule has 1 aliphatic carbocycles. The highest BCUT2D eigenvalue weighted by atomic mass is 16.2. The molecule has 0 unspecified atom stereocenters. The van der Waals surface area contributed by atoms with E-state index >= 15 is 0 Å². The van der Waals surface area contributed by atoms with Gasteiger partial charge >= 0.3 is 6.03 Å². The fourth-order valence-electron chi connectivity index (χ4n) is 2.89. The predicted octanol–water partition coefficient (Wildman–Crippen LogP) is 2.08. The summed E-state index contributed by atoms with van der Waals surface area (Å²) in [5, 5.41) is 2.46. The fourth-order valence-corrected chi connectivity index (χ4v) is 2.89. The van der Waals surface area contributed by atoms with Crippen LogP contribution in [0.15, 0.2) is 30.3 Å². The zero-order chi connectivity index (χ0) is 12.7. The Morgan fingerprint density at radius 1 is 1.22 bits per heavy atom. The van der Waals surface area contributed by atoms with Gasteiger partial charge in [-0.25, -0.2) is 4.79 Å². The van der Waals surface area contributed by atoms with Crippen LogP contribution in [-0.4, -0.2) is 22.9 Å². The molecule has 0 bridgehead atoms. The summed E-state index contributed by atoms with van der Waals surface area (Å²) < 4.78 is 0. The van der Waals surface area contributed by atoms with E-state index in [1.807, 2.05) is 42.2 Å². The summed E-state index contributed by atoms with van der Waals surface area (Å²) in [4.78, 5) is 25.4. The largest absolute Gasteiger partial charge is 0.324 e. The average molecular weight is 244 g/mol. The number of imide groups is 1. The van der Waals surface area contributed by atoms with Crippen molar-refractivity contribution in [3.8, 4) is 0 Å². The van der Waals surface area contributed by atoms with Gasteiger partial charge in [0.15, 0.2) is 0 Å². The molecule has 1 N–H and O–H groups in total. The Bertz CT molecular complexity index is 486. The number of carbonyl (C=O) groups is 2. The van der Waals surface area contributed by atoms with E-state index in [1.54, 1.807) is 0 Å². The fraction of sp³-hybridized carbons (Fsp3) is 0.429. The highest BCUT2D eigenvalue weighted by Gasteiger charge is 2.48. The Kier molecular flexibility index (Phi) is 2.58. The lowest BCUT2D eigenvalue weighted by Crippen LogP contribution is -2.64. The van der Waals surface area contributed by atoms with Gasteiger partial charge in [-0.3, -0.25) is 10.1 Å². The SMILES string of the molecule is C[C@@H](c1ccccc1)N1C(=O)NC(=O)[C@H]2CC[C@H]21. The molecule has 2 aliphatic rings. The molecule has 1 aromatic rings. The molecule has 1 saturated carbocycles. The lowest BCUT2D eigenvalue weighted by atomic mass is 9.76. The number of nitrogens with one attached hydrogen (secondary N) is 1. The summed E-state index contributed by atoms with van der Waals surface area (Å²) in [6.45, 7) is 2.01. The summed E-state index contributed by atoms with van der Waals surface area (Å²) in [5.41, 5.74) is 1.10. The zero-order valence-electron chi connectivity index (χ0n) is 10.3. The van der Waals surface area contributed by atoms with Crippen molar-refractivity contribution in [2.24, 2.45) is 5.92 Å². The van der Waals surface area contributed by atoms with Crippen LogP contribution in [0.5, 0.6) is 0 Å². The Labute approximate surface area is 106 Å². The van der Waals surface area contributed by atoms with Gasteiger partial charge in [-0.2, -0.15) is 0 Å². The molecule has 18 heavy (non-hydrogen) atoms. The van der Waals surface area contributed by atoms with Crippen LogP contribution in [-0.2, 0) is 4.79 Å². The van der Waals surface area contributed by atoms with Gasteiger partial charge in [0.1, 0.15) is 0 Å². The third kappa shape index (κ3) is 1.60. The van der Waals surface area contributed by atoms with Crippen LogP contribution in [0.1, 0.15) is 31.4 Å². The van der Waals surface area contributed by atoms with Crippen molar-refractivity contribution in [2.75, 3.05) is 0 Å². The first kappa shape index (κ1) is 11.3. The van der Waals surface area contributed by atoms with Crippen molar-refractivity contribution >= 4 is 11.9 Å². The van der Waals surface area contributed by atoms with Gasteiger partial charge in [0.2, 0.25) is 5.91 Å². The van der Waals surface area contributed by atoms with E-state index in [0.717, 1.165) is 18.4 Å². The van der Waals surface area contributed by atoms with Crippen LogP contribution >= 0.6 is 0 Å². The number of benzene rings is 1. The normalized spacial score (nSPS) is 28.2. The number of fused-ring (bicyclic) bond motifs is 1. The molecule has 0 radical (unpaired) electrons. The van der Waals surface area contributed by atoms with E-state index in [9.17, 15) is 9.59 Å². The number of hydrogen-bond donors (Lipinski definition) is 1. The number of hydrogen-bond acceptors (Lipinski definition) is 2. The molecule has 4 heteroatoms. The first-order chi connectivity index (χ1) is 8.68. The second-order valence-electron chi connectivity index (χ2n) is 5.04. The molecule has 1 saturated heterocycles. The predicted molar refractivity (Wildman–Crippen MR) is 66.7 cm³/mol. The van der Waals surface area contributed by atoms with E-state index in [-0.39, 0.29) is 29.9 Å². The van der Waals surface area contributed by atoms with Gasteiger partial charge in [-0.1, -0.05) is 30.3 Å². The number of carbonyl (C=O) groups excluding carboxylic acids is 2. The van der Waals surface area contributed by atoms with Crippen LogP contribution in [0, 0.1) is 5.92 Å². The third-order valence-electron chi connectivity index (χ3n) is 4.10. The topological polar surface area (TPSA) is 49.4 Å². The van der Waals surface area contributed by atoms with E-state index < -0.39 is 0 Å². The molecule has 1 heterocycles. The highest BCUT2D eigenvalue weighted by molar-refractivity contribution is 5.99. The van der Waals surface area contributed by atoms with Crippen molar-refractivity contribution in [3.05, 3.63) is 35.9 Å². The maximum atomic E-state index is 12.0. The van der Waals surface area contributed by atoms with E-state index in [0.29, 0.717) is 0 Å². The quantitative estimate of drug-likeness (QED) is 0.865. The van der Waals surface area contributed by atoms with Crippen molar-refractivity contribution in [1.82, 2.24) is 10.2 Å². The third-order valence-corrected chi connectivity index (χ3v) is 4.10. The molecule has 0 aromatic heterocycles. The van der Waals surface area contributed by atoms with E-state index in [2.05, 4.69) is 5.32 Å². The van der Waals surface area contributed by atoms with Crippen molar-refractivity contribution in [3.63, 3.8) is 0 Å². The Morgan fingerprint density at radius 2 is 1.94 bits per heavy atom. The van der Waals surface area contributed by atoms with Crippen molar-refractivity contribution in [2.45, 2.75) is 31.8 Å². The molecule has 3 amide bonds. The lowest BCUT2D eigenvalue weighted by molar-refractivity contribution is -0.133. The monoisotopic (exact) mass is 244 g/mol. The first-order valence-electron chi connectivity index (χ1n) is 6.36. The summed E-state index contributed by atoms with van der Waals surface area (Å²) in [5.74, 6) is -0.110. The summed E-state index contributed by atoms with van der Waals surface area (Å²) in [7, 11) is 0. The highest BCUT2D eigenvalue weighted by Crippen LogP contribution is 2.39. The summed E-state index contributed by atoms with van der Waals surface area (Å²) in [6, 6.07) is 9.77. The second kappa shape index (κ2) is 4.12. The van der Waals surface area contributed by atoms with Gasteiger partial charge < -0.3 is 4.90 Å². The molecule has 4 nitrogen and oxygen atoms in total. The van der Waals surface area contributed by atoms with Gasteiger partial charge in [0, 0.05) is 6.04 Å². The Balaban J connectivity index is 1.87. The summed E-state index contributed by atoms with van der Waals surface area (Å²) in [6.07, 6.45) is 1.82. The zero-order valence-corrected chi connectivity index (χ0v) is 10.3. The Morgan fingerprint density at radius 3 is 2.56 bits per heavy atom. The van der Waals surface area contributed by atoms with E-state index in [4.69, 9.17) is 0 Å². The number of nitrogens with zero attached hydrogens (tertiary/aromatic N) is 1. The van der Waals surface area contributed by atoms with Crippen molar-refractivity contribution in [1.29, 1.82) is 0 Å². The van der Waals surface area contributed by atoms with Gasteiger partial charge in [-0.05, 0) is 25.3 Å². The molecule has 94 valence electrons. The van der Waals surface area contributed by atoms with Crippen LogP contribution in [0.25, 0.3) is 0 Å². The van der Waals surface area contributed by atoms with Crippen molar-refractivity contribution < 1.29 is 9.59 Å². The summed E-state index contributed by atoms with van der Waals surface area (Å²) >= 11 is 0. The minimum Gasteiger partial charge on any atom is -0.314 e. The van der Waals surface area contributed by atoms with Crippen LogP contribution in [0.3, 0.4) is 0 Å². The van der Waals surface area contributed by atoms with E-state index in [1.165, 1.54) is 0 Å². The smallest absolute Gasteiger partial charge is 0.314 e. The molecule has 0 spiro atoms. The number of rotatable bonds is 2. The second-order valence-corrected chi connectivity index (χ2v) is 5.04. The van der Waals surface area contributed by atoms with Crippen LogP contribution in [0.4, 0.5) is 4.79 Å². The molecule has 1 aliphatic heterocycles. The average Bonchev–Trinajstić information content (AvgIpc) is 2.33. The molecule has 3 atom stereocenters. The van der Waals surface area contributed by atoms with Gasteiger partial charge in [-0.15, -0.1) is 0 Å². The number of urea groups is 1. The minimum absolute atomic E-state index is 0.00568. The number of amides is 3. The molecule has 2 fully saturated rings. The van der Waals surface area contributed by atoms with Crippen LogP contribution in [0.2, 0.25) is 0 Å². The van der Waals surface area contributed by atoms with Crippen LogP contribution < -0.4 is 5.32 Å². The standard InChI is InChI=1S/C14H16N2O2/c1-9(10-5-3-2-4-6-10)16-12-8-7-11(12)13(17)15-14(16)18/h2-6,9,11-12H,7-8H2,1H3,(H,15,17,18)/t9-,11-,12+/m0/s1. The lowest BCUT2D eigenvalue weighted by Gasteiger charge is -2.49. The Hall–Kier alpha value is -1.84. The first-order valence-corrected chi connectivity index (χ1v) is 6.36. The maximum absolute atomic E-state index is 12.0. The molecule has 3 rings (SSSR count). The molecular formula is C14H16N2O2. The van der Waals surface area contributed by atoms with Gasteiger partial charge in [0.05, 0.1) is 12.0 Å². The maximum Gasteiger partial charge on any atom is 0.324 e.